The van der Waals surface area contributed by atoms with E-state index in [1.165, 1.54) is 0 Å². The normalized spacial score (nSPS) is 14.3. The topological polar surface area (TPSA) is 67.9 Å². The fourth-order valence-corrected chi connectivity index (χ4v) is 1.62. The molecular weight excluding hydrogens is 236 g/mol. The van der Waals surface area contributed by atoms with Gasteiger partial charge in [-0.2, -0.15) is 0 Å². The number of ether oxygens (including phenoxy) is 2. The molecule has 1 aromatic carbocycles. The van der Waals surface area contributed by atoms with Gasteiger partial charge >= 0.3 is 6.03 Å². The van der Waals surface area contributed by atoms with E-state index in [1.807, 2.05) is 0 Å². The maximum Gasteiger partial charge on any atom is 0.324 e. The lowest BCUT2D eigenvalue weighted by molar-refractivity contribution is -0.129. The maximum atomic E-state index is 11.7. The minimum atomic E-state index is -0.366. The third kappa shape index (κ3) is 2.71. The molecule has 0 aromatic heterocycles. The van der Waals surface area contributed by atoms with Crippen molar-refractivity contribution in [3.8, 4) is 11.5 Å². The van der Waals surface area contributed by atoms with Crippen LogP contribution in [-0.4, -0.2) is 43.6 Å². The van der Waals surface area contributed by atoms with Crippen LogP contribution < -0.4 is 14.8 Å². The van der Waals surface area contributed by atoms with E-state index in [-0.39, 0.29) is 18.5 Å². The van der Waals surface area contributed by atoms with Crippen LogP contribution in [0.3, 0.4) is 0 Å². The lowest BCUT2D eigenvalue weighted by atomic mass is 10.3. The van der Waals surface area contributed by atoms with Gasteiger partial charge in [0.25, 0.3) is 5.91 Å². The number of carbonyl (C=O) groups excluding carboxylic acids is 2. The second kappa shape index (κ2) is 5.39. The second-order valence-corrected chi connectivity index (χ2v) is 3.74. The van der Waals surface area contributed by atoms with Gasteiger partial charge in [-0.25, -0.2) is 4.79 Å². The van der Waals surface area contributed by atoms with Crippen molar-refractivity contribution in [3.63, 3.8) is 0 Å². The van der Waals surface area contributed by atoms with Crippen molar-refractivity contribution in [3.05, 3.63) is 24.3 Å². The van der Waals surface area contributed by atoms with Crippen LogP contribution in [0.15, 0.2) is 24.3 Å². The zero-order valence-corrected chi connectivity index (χ0v) is 10.0. The Bertz CT molecular complexity index is 461. The zero-order valence-electron chi connectivity index (χ0n) is 10.0. The average Bonchev–Trinajstić information content (AvgIpc) is 2.82. The Morgan fingerprint density at radius 2 is 2.22 bits per heavy atom. The summed E-state index contributed by atoms with van der Waals surface area (Å²) in [4.78, 5) is 24.1. The predicted octanol–water partition coefficient (Wildman–Crippen LogP) is 0.626. The molecule has 0 atom stereocenters. The molecule has 2 rings (SSSR count). The fraction of sp³-hybridized carbons (Fsp3) is 0.333. The van der Waals surface area contributed by atoms with Gasteiger partial charge < -0.3 is 14.8 Å². The minimum absolute atomic E-state index is 0.166. The van der Waals surface area contributed by atoms with Gasteiger partial charge in [0.2, 0.25) is 0 Å². The Balaban J connectivity index is 1.90. The molecule has 1 aromatic rings. The number of urea groups is 1. The molecule has 6 heteroatoms. The number of nitrogens with one attached hydrogen (secondary N) is 1. The van der Waals surface area contributed by atoms with E-state index in [9.17, 15) is 9.59 Å². The first-order valence-electron chi connectivity index (χ1n) is 5.56. The van der Waals surface area contributed by atoms with E-state index >= 15 is 0 Å². The lowest BCUT2D eigenvalue weighted by Gasteiger charge is -2.13. The molecule has 18 heavy (non-hydrogen) atoms. The van der Waals surface area contributed by atoms with Crippen molar-refractivity contribution in [1.29, 1.82) is 0 Å². The van der Waals surface area contributed by atoms with E-state index in [0.717, 1.165) is 4.90 Å². The fourth-order valence-electron chi connectivity index (χ4n) is 1.62. The van der Waals surface area contributed by atoms with Crippen LogP contribution in [-0.2, 0) is 4.79 Å². The van der Waals surface area contributed by atoms with Crippen molar-refractivity contribution in [2.75, 3.05) is 26.8 Å². The molecule has 0 unspecified atom stereocenters. The molecule has 0 spiro atoms. The first kappa shape index (κ1) is 12.2. The van der Waals surface area contributed by atoms with Crippen LogP contribution in [0.4, 0.5) is 4.79 Å². The predicted molar refractivity (Wildman–Crippen MR) is 63.6 cm³/mol. The van der Waals surface area contributed by atoms with Gasteiger partial charge in [-0.3, -0.25) is 9.69 Å². The van der Waals surface area contributed by atoms with Gasteiger partial charge in [-0.05, 0) is 12.1 Å². The van der Waals surface area contributed by atoms with E-state index < -0.39 is 0 Å². The second-order valence-electron chi connectivity index (χ2n) is 3.74. The Morgan fingerprint density at radius 1 is 1.44 bits per heavy atom. The van der Waals surface area contributed by atoms with Crippen LogP contribution in [0.5, 0.6) is 11.5 Å². The first-order chi connectivity index (χ1) is 8.70. The summed E-state index contributed by atoms with van der Waals surface area (Å²) in [5.74, 6) is 0.828. The van der Waals surface area contributed by atoms with Crippen molar-refractivity contribution in [1.82, 2.24) is 10.2 Å². The highest BCUT2D eigenvalue weighted by Gasteiger charge is 2.26. The molecule has 1 aliphatic heterocycles. The molecule has 0 radical (unpaired) electrons. The number of amides is 3. The SMILES string of the molecule is COc1cccc(OCC(=O)N2CCNC2=O)c1. The Hall–Kier alpha value is -2.24. The smallest absolute Gasteiger partial charge is 0.324 e. The van der Waals surface area contributed by atoms with Crippen molar-refractivity contribution in [2.24, 2.45) is 0 Å². The Labute approximate surface area is 104 Å². The van der Waals surface area contributed by atoms with Gasteiger partial charge in [0.05, 0.1) is 7.11 Å². The number of methoxy groups -OCH3 is 1. The van der Waals surface area contributed by atoms with Crippen molar-refractivity contribution in [2.45, 2.75) is 0 Å². The highest BCUT2D eigenvalue weighted by atomic mass is 16.5. The molecule has 96 valence electrons. The van der Waals surface area contributed by atoms with Gasteiger partial charge in [-0.15, -0.1) is 0 Å². The molecule has 1 aliphatic rings. The van der Waals surface area contributed by atoms with Crippen molar-refractivity contribution < 1.29 is 19.1 Å². The number of nitrogens with zero attached hydrogens (tertiary/aromatic N) is 1. The van der Waals surface area contributed by atoms with E-state index in [4.69, 9.17) is 9.47 Å². The largest absolute Gasteiger partial charge is 0.497 e. The highest BCUT2D eigenvalue weighted by Crippen LogP contribution is 2.18. The number of imide groups is 1. The summed E-state index contributed by atoms with van der Waals surface area (Å²) in [6.45, 7) is 0.712. The summed E-state index contributed by atoms with van der Waals surface area (Å²) >= 11 is 0. The number of benzene rings is 1. The number of hydrogen-bond acceptors (Lipinski definition) is 4. The molecule has 1 fully saturated rings. The summed E-state index contributed by atoms with van der Waals surface area (Å²) in [5.41, 5.74) is 0. The Morgan fingerprint density at radius 3 is 2.89 bits per heavy atom. The molecule has 0 aliphatic carbocycles. The average molecular weight is 250 g/mol. The van der Waals surface area contributed by atoms with Crippen LogP contribution in [0, 0.1) is 0 Å². The quantitative estimate of drug-likeness (QED) is 0.850. The van der Waals surface area contributed by atoms with E-state index in [2.05, 4.69) is 5.32 Å². The molecule has 1 saturated heterocycles. The monoisotopic (exact) mass is 250 g/mol. The summed E-state index contributed by atoms with van der Waals surface area (Å²) in [5, 5.41) is 2.56. The van der Waals surface area contributed by atoms with Crippen molar-refractivity contribution >= 4 is 11.9 Å². The molecular formula is C12H14N2O4. The standard InChI is InChI=1S/C12H14N2O4/c1-17-9-3-2-4-10(7-9)18-8-11(15)14-6-5-13-12(14)16/h2-4,7H,5-6,8H2,1H3,(H,13,16). The highest BCUT2D eigenvalue weighted by molar-refractivity contribution is 5.96. The number of hydrogen-bond donors (Lipinski definition) is 1. The van der Waals surface area contributed by atoms with Crippen LogP contribution in [0.2, 0.25) is 0 Å². The Kier molecular flexibility index (Phi) is 3.66. The summed E-state index contributed by atoms with van der Waals surface area (Å²) in [6, 6.07) is 6.58. The third-order valence-electron chi connectivity index (χ3n) is 2.56. The molecule has 1 N–H and O–H groups in total. The number of rotatable bonds is 4. The minimum Gasteiger partial charge on any atom is -0.497 e. The molecule has 3 amide bonds. The van der Waals surface area contributed by atoms with Crippen LogP contribution in [0.1, 0.15) is 0 Å². The summed E-state index contributed by atoms with van der Waals surface area (Å²) in [6.07, 6.45) is 0. The van der Waals surface area contributed by atoms with Crippen LogP contribution in [0.25, 0.3) is 0 Å². The number of carbonyl (C=O) groups is 2. The molecule has 1 heterocycles. The third-order valence-corrected chi connectivity index (χ3v) is 2.56. The van der Waals surface area contributed by atoms with Crippen LogP contribution >= 0.6 is 0 Å². The molecule has 0 bridgehead atoms. The van der Waals surface area contributed by atoms with E-state index in [0.29, 0.717) is 24.6 Å². The summed E-state index contributed by atoms with van der Waals surface area (Å²) in [7, 11) is 1.55. The van der Waals surface area contributed by atoms with Gasteiger partial charge in [0, 0.05) is 19.2 Å². The van der Waals surface area contributed by atoms with Gasteiger partial charge in [0.1, 0.15) is 11.5 Å². The first-order valence-corrected chi connectivity index (χ1v) is 5.56. The van der Waals surface area contributed by atoms with Gasteiger partial charge in [0.15, 0.2) is 6.61 Å². The lowest BCUT2D eigenvalue weighted by Crippen LogP contribution is -2.37. The molecule has 0 saturated carbocycles. The van der Waals surface area contributed by atoms with E-state index in [1.54, 1.807) is 31.4 Å². The molecule has 6 nitrogen and oxygen atoms in total. The maximum absolute atomic E-state index is 11.7. The summed E-state index contributed by atoms with van der Waals surface area (Å²) < 4.78 is 10.4. The van der Waals surface area contributed by atoms with Gasteiger partial charge in [-0.1, -0.05) is 6.07 Å². The zero-order chi connectivity index (χ0) is 13.0.